The van der Waals surface area contributed by atoms with Gasteiger partial charge in [0, 0.05) is 25.4 Å². The van der Waals surface area contributed by atoms with E-state index in [9.17, 15) is 9.59 Å². The van der Waals surface area contributed by atoms with Crippen LogP contribution in [0.25, 0.3) is 0 Å². The van der Waals surface area contributed by atoms with E-state index in [-0.39, 0.29) is 5.91 Å². The summed E-state index contributed by atoms with van der Waals surface area (Å²) in [4.78, 5) is 23.6. The van der Waals surface area contributed by atoms with Crippen LogP contribution in [0.4, 0.5) is 10.5 Å². The Hall–Kier alpha value is -2.08. The van der Waals surface area contributed by atoms with Crippen molar-refractivity contribution in [2.24, 2.45) is 0 Å². The molecule has 0 heterocycles. The molecule has 6 nitrogen and oxygen atoms in total. The van der Waals surface area contributed by atoms with Gasteiger partial charge in [-0.05, 0) is 51.3 Å². The van der Waals surface area contributed by atoms with E-state index in [2.05, 4.69) is 17.6 Å². The zero-order valence-electron chi connectivity index (χ0n) is 16.4. The number of rotatable bonds is 10. The molecule has 0 atom stereocenters. The predicted molar refractivity (Wildman–Crippen MR) is 103 cm³/mol. The second-order valence-corrected chi connectivity index (χ2v) is 7.17. The van der Waals surface area contributed by atoms with Crippen LogP contribution in [0.2, 0.25) is 0 Å². The molecule has 1 aromatic carbocycles. The zero-order valence-corrected chi connectivity index (χ0v) is 16.4. The first-order valence-electron chi connectivity index (χ1n) is 9.23. The number of unbranched alkanes of at least 4 members (excludes halogenated alkanes) is 1. The van der Waals surface area contributed by atoms with Crippen LogP contribution in [0.1, 0.15) is 52.5 Å². The Morgan fingerprint density at radius 3 is 2.31 bits per heavy atom. The van der Waals surface area contributed by atoms with E-state index in [1.54, 1.807) is 12.1 Å². The Bertz CT molecular complexity index is 550. The first-order chi connectivity index (χ1) is 12.3. The molecule has 2 N–H and O–H groups in total. The fourth-order valence-corrected chi connectivity index (χ4v) is 2.13. The number of benzene rings is 1. The molecule has 0 bridgehead atoms. The standard InChI is InChI=1S/C20H32N2O4/c1-5-6-13-25-14-7-12-21-18(23)15-16-8-10-17(11-9-16)22-19(24)26-20(2,3)4/h8-11H,5-7,12-15H2,1-4H3,(H,21,23)(H,22,24). The minimum absolute atomic E-state index is 0.0218. The molecule has 146 valence electrons. The van der Waals surface area contributed by atoms with Crippen molar-refractivity contribution >= 4 is 17.7 Å². The third kappa shape index (κ3) is 10.7. The van der Waals surface area contributed by atoms with E-state index in [1.165, 1.54) is 0 Å². The van der Waals surface area contributed by atoms with E-state index in [1.807, 2.05) is 32.9 Å². The lowest BCUT2D eigenvalue weighted by Crippen LogP contribution is -2.27. The number of hydrogen-bond acceptors (Lipinski definition) is 4. The van der Waals surface area contributed by atoms with Gasteiger partial charge in [0.1, 0.15) is 5.60 Å². The molecule has 0 aliphatic rings. The summed E-state index contributed by atoms with van der Waals surface area (Å²) in [6, 6.07) is 7.16. The Balaban J connectivity index is 2.27. The van der Waals surface area contributed by atoms with Crippen molar-refractivity contribution in [3.05, 3.63) is 29.8 Å². The Kier molecular flexibility index (Phi) is 9.73. The number of carbonyl (C=O) groups is 2. The minimum Gasteiger partial charge on any atom is -0.444 e. The van der Waals surface area contributed by atoms with Crippen LogP contribution in [0.3, 0.4) is 0 Å². The van der Waals surface area contributed by atoms with Crippen LogP contribution in [-0.2, 0) is 20.7 Å². The lowest BCUT2D eigenvalue weighted by Gasteiger charge is -2.19. The van der Waals surface area contributed by atoms with E-state index in [0.29, 0.717) is 25.3 Å². The van der Waals surface area contributed by atoms with Gasteiger partial charge in [-0.2, -0.15) is 0 Å². The molecule has 0 aliphatic heterocycles. The molecule has 0 radical (unpaired) electrons. The molecule has 1 rings (SSSR count). The van der Waals surface area contributed by atoms with Gasteiger partial charge in [-0.25, -0.2) is 4.79 Å². The fourth-order valence-electron chi connectivity index (χ4n) is 2.13. The average molecular weight is 364 g/mol. The molecule has 0 aromatic heterocycles. The molecule has 6 heteroatoms. The first-order valence-corrected chi connectivity index (χ1v) is 9.23. The van der Waals surface area contributed by atoms with Gasteiger partial charge in [0.15, 0.2) is 0 Å². The van der Waals surface area contributed by atoms with E-state index in [0.717, 1.165) is 31.4 Å². The molecule has 2 amide bonds. The van der Waals surface area contributed by atoms with Crippen molar-refractivity contribution in [2.75, 3.05) is 25.1 Å². The van der Waals surface area contributed by atoms with Crippen LogP contribution in [-0.4, -0.2) is 37.4 Å². The normalized spacial score (nSPS) is 11.1. The monoisotopic (exact) mass is 364 g/mol. The van der Waals surface area contributed by atoms with Crippen molar-refractivity contribution in [3.8, 4) is 0 Å². The second kappa shape index (κ2) is 11.5. The van der Waals surface area contributed by atoms with E-state index >= 15 is 0 Å². The van der Waals surface area contributed by atoms with Gasteiger partial charge in [0.05, 0.1) is 6.42 Å². The maximum Gasteiger partial charge on any atom is 0.412 e. The maximum absolute atomic E-state index is 11.9. The number of ether oxygens (including phenoxy) is 2. The van der Waals surface area contributed by atoms with Crippen LogP contribution >= 0.6 is 0 Å². The van der Waals surface area contributed by atoms with Crippen LogP contribution < -0.4 is 10.6 Å². The van der Waals surface area contributed by atoms with Gasteiger partial charge in [-0.3, -0.25) is 10.1 Å². The molecule has 0 fully saturated rings. The van der Waals surface area contributed by atoms with Crippen molar-refractivity contribution in [2.45, 2.75) is 59.0 Å². The van der Waals surface area contributed by atoms with Gasteiger partial charge in [-0.15, -0.1) is 0 Å². The summed E-state index contributed by atoms with van der Waals surface area (Å²) in [5.74, 6) is -0.0218. The third-order valence-corrected chi connectivity index (χ3v) is 3.39. The molecule has 0 spiro atoms. The van der Waals surface area contributed by atoms with Crippen molar-refractivity contribution < 1.29 is 19.1 Å². The molecule has 26 heavy (non-hydrogen) atoms. The molecular formula is C20H32N2O4. The largest absolute Gasteiger partial charge is 0.444 e. The summed E-state index contributed by atoms with van der Waals surface area (Å²) in [5, 5.41) is 5.55. The second-order valence-electron chi connectivity index (χ2n) is 7.17. The molecule has 1 aromatic rings. The van der Waals surface area contributed by atoms with Crippen molar-refractivity contribution in [1.82, 2.24) is 5.32 Å². The van der Waals surface area contributed by atoms with Crippen LogP contribution in [0, 0.1) is 0 Å². The van der Waals surface area contributed by atoms with Crippen molar-refractivity contribution in [1.29, 1.82) is 0 Å². The van der Waals surface area contributed by atoms with E-state index in [4.69, 9.17) is 9.47 Å². The van der Waals surface area contributed by atoms with Crippen molar-refractivity contribution in [3.63, 3.8) is 0 Å². The topological polar surface area (TPSA) is 76.7 Å². The smallest absolute Gasteiger partial charge is 0.412 e. The molecule has 0 aliphatic carbocycles. The fraction of sp³-hybridized carbons (Fsp3) is 0.600. The average Bonchev–Trinajstić information content (AvgIpc) is 2.54. The number of anilines is 1. The number of hydrogen-bond donors (Lipinski definition) is 2. The van der Waals surface area contributed by atoms with Gasteiger partial charge in [0.2, 0.25) is 5.91 Å². The number of carbonyl (C=O) groups excluding carboxylic acids is 2. The molecule has 0 saturated carbocycles. The predicted octanol–water partition coefficient (Wildman–Crippen LogP) is 3.90. The van der Waals surface area contributed by atoms with Gasteiger partial charge < -0.3 is 14.8 Å². The first kappa shape index (κ1) is 22.0. The summed E-state index contributed by atoms with van der Waals surface area (Å²) in [5.41, 5.74) is 0.979. The Morgan fingerprint density at radius 2 is 1.69 bits per heavy atom. The van der Waals surface area contributed by atoms with Crippen LogP contribution in [0.5, 0.6) is 0 Å². The summed E-state index contributed by atoms with van der Waals surface area (Å²) in [6.07, 6.45) is 2.83. The maximum atomic E-state index is 11.9. The SMILES string of the molecule is CCCCOCCCNC(=O)Cc1ccc(NC(=O)OC(C)(C)C)cc1. The summed E-state index contributed by atoms with van der Waals surface area (Å²) >= 11 is 0. The van der Waals surface area contributed by atoms with Gasteiger partial charge >= 0.3 is 6.09 Å². The Labute approximate surface area is 156 Å². The highest BCUT2D eigenvalue weighted by molar-refractivity contribution is 5.85. The summed E-state index contributed by atoms with van der Waals surface area (Å²) < 4.78 is 10.7. The quantitative estimate of drug-likeness (QED) is 0.617. The Morgan fingerprint density at radius 1 is 1.04 bits per heavy atom. The van der Waals surface area contributed by atoms with Crippen LogP contribution in [0.15, 0.2) is 24.3 Å². The lowest BCUT2D eigenvalue weighted by molar-refractivity contribution is -0.120. The number of nitrogens with one attached hydrogen (secondary N) is 2. The van der Waals surface area contributed by atoms with E-state index < -0.39 is 11.7 Å². The third-order valence-electron chi connectivity index (χ3n) is 3.39. The lowest BCUT2D eigenvalue weighted by atomic mass is 10.1. The minimum atomic E-state index is -0.539. The summed E-state index contributed by atoms with van der Waals surface area (Å²) in [7, 11) is 0. The van der Waals surface area contributed by atoms with Gasteiger partial charge in [-0.1, -0.05) is 25.5 Å². The summed E-state index contributed by atoms with van der Waals surface area (Å²) in [6.45, 7) is 9.63. The molecule has 0 unspecified atom stereocenters. The molecule has 0 saturated heterocycles. The highest BCUT2D eigenvalue weighted by atomic mass is 16.6. The highest BCUT2D eigenvalue weighted by Crippen LogP contribution is 2.13. The molecular weight excluding hydrogens is 332 g/mol. The van der Waals surface area contributed by atoms with Gasteiger partial charge in [0.25, 0.3) is 0 Å². The highest BCUT2D eigenvalue weighted by Gasteiger charge is 2.16. The zero-order chi connectivity index (χ0) is 19.4. The number of amides is 2.